The first-order valence-corrected chi connectivity index (χ1v) is 6.56. The maximum atomic E-state index is 11.3. The maximum Gasteiger partial charge on any atom is 2.00 e. The van der Waals surface area contributed by atoms with Crippen LogP contribution in [0.25, 0.3) is 0 Å². The summed E-state index contributed by atoms with van der Waals surface area (Å²) in [5.74, 6) is -1.08. The minimum absolute atomic E-state index is 0. The molecule has 18 heavy (non-hydrogen) atoms. The van der Waals surface area contributed by atoms with E-state index in [1.807, 2.05) is 0 Å². The number of aromatic carboxylic acids is 1. The van der Waals surface area contributed by atoms with Crippen molar-refractivity contribution in [1.29, 1.82) is 0 Å². The molecule has 2 rings (SSSR count). The summed E-state index contributed by atoms with van der Waals surface area (Å²) in [7, 11) is -3.23. The molecule has 0 amide bonds. The zero-order valence-corrected chi connectivity index (χ0v) is 14.2. The van der Waals surface area contributed by atoms with Gasteiger partial charge in [0, 0.05) is 13.1 Å². The van der Waals surface area contributed by atoms with E-state index in [1.54, 1.807) is 0 Å². The zero-order chi connectivity index (χ0) is 11.9. The second-order valence-corrected chi connectivity index (χ2v) is 5.75. The number of sulfonamides is 1. The van der Waals surface area contributed by atoms with Crippen LogP contribution in [-0.2, 0) is 42.5 Å². The summed E-state index contributed by atoms with van der Waals surface area (Å²) in [6, 6.07) is 1.51. The van der Waals surface area contributed by atoms with Crippen LogP contribution < -0.4 is 4.98 Å². The summed E-state index contributed by atoms with van der Waals surface area (Å²) in [4.78, 5) is 14.6. The van der Waals surface area contributed by atoms with E-state index >= 15 is 0 Å². The minimum Gasteiger partial charge on any atom is -0.654 e. The van der Waals surface area contributed by atoms with E-state index in [9.17, 15) is 13.2 Å². The first-order valence-electron chi connectivity index (χ1n) is 4.72. The average Bonchev–Trinajstić information content (AvgIpc) is 2.58. The molecular weight excluding hydrogens is 310 g/mol. The third kappa shape index (κ3) is 3.40. The first kappa shape index (κ1) is 17.3. The molecule has 2 heterocycles. The number of fused-ring (bicyclic) bond motifs is 1. The zero-order valence-electron chi connectivity index (χ0n) is 10.4. The van der Waals surface area contributed by atoms with Crippen molar-refractivity contribution in [2.75, 3.05) is 12.8 Å². The molecule has 0 aromatic carbocycles. The molecule has 0 bridgehead atoms. The molecular formula is C10H14N2O4SZn. The second kappa shape index (κ2) is 5.95. The van der Waals surface area contributed by atoms with Gasteiger partial charge in [-0.05, 0) is 12.1 Å². The van der Waals surface area contributed by atoms with Crippen LogP contribution >= 0.6 is 0 Å². The van der Waals surface area contributed by atoms with E-state index in [1.165, 1.54) is 10.4 Å². The van der Waals surface area contributed by atoms with Crippen molar-refractivity contribution in [2.24, 2.45) is 0 Å². The fraction of sp³-hybridized carbons (Fsp3) is 0.400. The van der Waals surface area contributed by atoms with E-state index in [4.69, 9.17) is 5.11 Å². The Morgan fingerprint density at radius 2 is 2.11 bits per heavy atom. The maximum absolute atomic E-state index is 11.3. The summed E-state index contributed by atoms with van der Waals surface area (Å²) in [6.45, 7) is 0.554. The monoisotopic (exact) mass is 322 g/mol. The Morgan fingerprint density at radius 1 is 1.50 bits per heavy atom. The van der Waals surface area contributed by atoms with Crippen molar-refractivity contribution in [2.45, 2.75) is 13.0 Å². The smallest absolute Gasteiger partial charge is 0.654 e. The topological polar surface area (TPSA) is 88.8 Å². The van der Waals surface area contributed by atoms with Crippen LogP contribution in [0.1, 0.15) is 21.7 Å². The number of rotatable bonds is 2. The van der Waals surface area contributed by atoms with Gasteiger partial charge in [-0.15, -0.1) is 5.69 Å². The number of carboxylic acids is 1. The Morgan fingerprint density at radius 3 is 2.61 bits per heavy atom. The predicted octanol–water partition coefficient (Wildman–Crippen LogP) is 0.107. The van der Waals surface area contributed by atoms with Crippen molar-refractivity contribution < 1.29 is 37.8 Å². The summed E-state index contributed by atoms with van der Waals surface area (Å²) in [5, 5.41) is 8.77. The number of aromatic nitrogens is 1. The first-order chi connectivity index (χ1) is 7.38. The summed E-state index contributed by atoms with van der Waals surface area (Å²) in [5.41, 5.74) is 1.37. The third-order valence-corrected chi connectivity index (χ3v) is 3.83. The molecule has 8 heteroatoms. The standard InChI is InChI=1S/C9H11N2O4S.CH3.Zn/c1-16(14,15)11-3-2-6-4-7(9(12)13)10-8(6)5-11;;/h4H,2-3,5H2,1H3,(H,12,13);1H3;/q2*-1;+2. The average molecular weight is 324 g/mol. The van der Waals surface area contributed by atoms with Crippen molar-refractivity contribution in [3.05, 3.63) is 30.4 Å². The van der Waals surface area contributed by atoms with Crippen LogP contribution in [0.15, 0.2) is 6.07 Å². The largest absolute Gasteiger partial charge is 2.00 e. The van der Waals surface area contributed by atoms with Crippen molar-refractivity contribution >= 4 is 16.0 Å². The van der Waals surface area contributed by atoms with E-state index < -0.39 is 16.0 Å². The van der Waals surface area contributed by atoms with Gasteiger partial charge in [0.2, 0.25) is 10.0 Å². The molecule has 0 saturated heterocycles. The van der Waals surface area contributed by atoms with E-state index in [0.29, 0.717) is 18.7 Å². The van der Waals surface area contributed by atoms with Crippen LogP contribution in [0, 0.1) is 7.43 Å². The molecule has 1 N–H and O–H groups in total. The molecule has 0 atom stereocenters. The van der Waals surface area contributed by atoms with Crippen LogP contribution in [0.5, 0.6) is 0 Å². The van der Waals surface area contributed by atoms with Gasteiger partial charge in [-0.1, -0.05) is 11.6 Å². The molecule has 1 aliphatic heterocycles. The van der Waals surface area contributed by atoms with Crippen molar-refractivity contribution in [3.8, 4) is 0 Å². The van der Waals surface area contributed by atoms with Crippen LogP contribution in [0.3, 0.4) is 0 Å². The fourth-order valence-electron chi connectivity index (χ4n) is 1.74. The van der Waals surface area contributed by atoms with Crippen LogP contribution in [0.2, 0.25) is 0 Å². The Hall–Kier alpha value is -0.717. The van der Waals surface area contributed by atoms with E-state index in [-0.39, 0.29) is 39.1 Å². The van der Waals surface area contributed by atoms with E-state index in [0.717, 1.165) is 11.8 Å². The van der Waals surface area contributed by atoms with Crippen molar-refractivity contribution in [3.63, 3.8) is 0 Å². The normalized spacial score (nSPS) is 15.2. The molecule has 1 aromatic heterocycles. The number of hydrogen-bond donors (Lipinski definition) is 1. The number of carboxylic acid groups (broad SMARTS) is 1. The molecule has 0 aliphatic carbocycles. The molecule has 6 nitrogen and oxygen atoms in total. The Bertz CT molecular complexity index is 538. The van der Waals surface area contributed by atoms with Gasteiger partial charge in [0.1, 0.15) is 0 Å². The van der Waals surface area contributed by atoms with Gasteiger partial charge in [0.15, 0.2) is 0 Å². The molecule has 0 fully saturated rings. The quantitative estimate of drug-likeness (QED) is 0.616. The fourth-order valence-corrected chi connectivity index (χ4v) is 2.51. The van der Waals surface area contributed by atoms with Gasteiger partial charge >= 0.3 is 25.4 Å². The number of carbonyl (C=O) groups is 1. The molecule has 1 aromatic rings. The van der Waals surface area contributed by atoms with Crippen LogP contribution in [-0.4, -0.2) is 36.6 Å². The van der Waals surface area contributed by atoms with Crippen molar-refractivity contribution in [1.82, 2.24) is 9.29 Å². The summed E-state index contributed by atoms with van der Waals surface area (Å²) in [6.07, 6.45) is 1.65. The SMILES string of the molecule is CS(=O)(=O)N1CCc2cc(C(=O)O)[n-]c2C1.[CH3-].[Zn+2]. The molecule has 1 aliphatic rings. The summed E-state index contributed by atoms with van der Waals surface area (Å²) >= 11 is 0. The minimum atomic E-state index is -3.23. The number of nitrogens with zero attached hydrogens (tertiary/aromatic N) is 2. The van der Waals surface area contributed by atoms with E-state index in [2.05, 4.69) is 4.98 Å². The van der Waals surface area contributed by atoms with Gasteiger partial charge in [-0.2, -0.15) is 4.31 Å². The Labute approximate surface area is 119 Å². The van der Waals surface area contributed by atoms with Gasteiger partial charge in [0.05, 0.1) is 6.26 Å². The van der Waals surface area contributed by atoms with Gasteiger partial charge in [0.25, 0.3) is 0 Å². The molecule has 0 spiro atoms. The Kier molecular flexibility index (Phi) is 5.71. The molecule has 0 saturated carbocycles. The molecule has 0 radical (unpaired) electrons. The summed E-state index contributed by atoms with van der Waals surface area (Å²) < 4.78 is 23.9. The second-order valence-electron chi connectivity index (χ2n) is 3.77. The van der Waals surface area contributed by atoms with Gasteiger partial charge < -0.3 is 17.5 Å². The molecule has 0 unspecified atom stereocenters. The van der Waals surface area contributed by atoms with Gasteiger partial charge in [-0.3, -0.25) is 0 Å². The Balaban J connectivity index is 0.00000144. The van der Waals surface area contributed by atoms with Crippen LogP contribution in [0.4, 0.5) is 0 Å². The van der Waals surface area contributed by atoms with Gasteiger partial charge in [-0.25, -0.2) is 13.2 Å². The predicted molar refractivity (Wildman–Crippen MR) is 62.1 cm³/mol. The third-order valence-electron chi connectivity index (χ3n) is 2.58. The number of hydrogen-bond acceptors (Lipinski definition) is 3. The molecule has 96 valence electrons.